The van der Waals surface area contributed by atoms with Crippen molar-refractivity contribution in [1.29, 1.82) is 0 Å². The average Bonchev–Trinajstić information content (AvgIpc) is 3.51. The Morgan fingerprint density at radius 1 is 0.912 bits per heavy atom. The van der Waals surface area contributed by atoms with Crippen LogP contribution in [0.1, 0.15) is 16.8 Å². The summed E-state index contributed by atoms with van der Waals surface area (Å²) in [4.78, 5) is 24.6. The van der Waals surface area contributed by atoms with Gasteiger partial charge in [0.2, 0.25) is 5.95 Å². The van der Waals surface area contributed by atoms with Gasteiger partial charge in [-0.2, -0.15) is 9.78 Å². The lowest BCUT2D eigenvalue weighted by molar-refractivity contribution is 0.414. The lowest BCUT2D eigenvalue weighted by Gasteiger charge is -2.15. The van der Waals surface area contributed by atoms with Crippen molar-refractivity contribution in [3.63, 3.8) is 0 Å². The minimum atomic E-state index is 0.484. The number of fused-ring (bicyclic) bond motifs is 2. The summed E-state index contributed by atoms with van der Waals surface area (Å²) in [5.41, 5.74) is 4.35. The Morgan fingerprint density at radius 3 is 2.76 bits per heavy atom. The third-order valence-corrected chi connectivity index (χ3v) is 5.57. The van der Waals surface area contributed by atoms with E-state index in [9.17, 15) is 0 Å². The van der Waals surface area contributed by atoms with Crippen LogP contribution in [-0.2, 0) is 13.1 Å². The Kier molecular flexibility index (Phi) is 4.81. The molecule has 9 heteroatoms. The fourth-order valence-electron chi connectivity index (χ4n) is 3.87. The van der Waals surface area contributed by atoms with Crippen LogP contribution in [0.15, 0.2) is 67.3 Å². The third-order valence-electron chi connectivity index (χ3n) is 5.57. The van der Waals surface area contributed by atoms with Gasteiger partial charge < -0.3 is 9.64 Å². The molecule has 9 nitrogen and oxygen atoms in total. The zero-order chi connectivity index (χ0) is 22.9. The fraction of sp³-hybridized carbons (Fsp3) is 0.120. The first-order valence-electron chi connectivity index (χ1n) is 10.6. The van der Waals surface area contributed by atoms with Crippen molar-refractivity contribution in [2.75, 3.05) is 12.0 Å². The molecule has 0 saturated heterocycles. The Balaban J connectivity index is 1.26. The van der Waals surface area contributed by atoms with Gasteiger partial charge in [0.05, 0.1) is 13.3 Å². The van der Waals surface area contributed by atoms with Crippen molar-refractivity contribution in [3.8, 4) is 29.2 Å². The Morgan fingerprint density at radius 2 is 1.82 bits per heavy atom. The van der Waals surface area contributed by atoms with Crippen molar-refractivity contribution >= 4 is 17.0 Å². The van der Waals surface area contributed by atoms with E-state index in [1.807, 2.05) is 18.2 Å². The van der Waals surface area contributed by atoms with Crippen LogP contribution in [-0.4, -0.2) is 41.8 Å². The fourth-order valence-corrected chi connectivity index (χ4v) is 3.87. The zero-order valence-corrected chi connectivity index (χ0v) is 18.3. The molecule has 0 saturated carbocycles. The number of rotatable bonds is 3. The lowest BCUT2D eigenvalue weighted by Crippen LogP contribution is -2.17. The monoisotopic (exact) mass is 446 g/mol. The van der Waals surface area contributed by atoms with Gasteiger partial charge in [-0.3, -0.25) is 0 Å². The van der Waals surface area contributed by atoms with Crippen molar-refractivity contribution in [2.24, 2.45) is 0 Å². The van der Waals surface area contributed by atoms with Crippen molar-refractivity contribution in [2.45, 2.75) is 13.1 Å². The normalized spacial score (nSPS) is 12.3. The van der Waals surface area contributed by atoms with Gasteiger partial charge in [0, 0.05) is 43.1 Å². The van der Waals surface area contributed by atoms with Crippen molar-refractivity contribution < 1.29 is 4.74 Å². The molecule has 4 aromatic heterocycles. The molecular formula is C25H18N8O. The summed E-state index contributed by atoms with van der Waals surface area (Å²) in [5, 5.41) is 5.20. The largest absolute Gasteiger partial charge is 0.497 e. The molecule has 1 aliphatic rings. The van der Waals surface area contributed by atoms with Crippen LogP contribution in [0.3, 0.4) is 0 Å². The molecule has 5 aromatic rings. The van der Waals surface area contributed by atoms with Crippen LogP contribution in [0, 0.1) is 12.0 Å². The summed E-state index contributed by atoms with van der Waals surface area (Å²) < 4.78 is 6.89. The van der Waals surface area contributed by atoms with Gasteiger partial charge >= 0.3 is 0 Å². The Labute approximate surface area is 195 Å². The molecule has 0 unspecified atom stereocenters. The second-order valence-electron chi connectivity index (χ2n) is 7.71. The van der Waals surface area contributed by atoms with Gasteiger partial charge in [0.25, 0.3) is 0 Å². The number of methoxy groups -OCH3 is 1. The minimum absolute atomic E-state index is 0.484. The average molecular weight is 446 g/mol. The smallest absolute Gasteiger partial charge is 0.226 e. The van der Waals surface area contributed by atoms with E-state index in [4.69, 9.17) is 9.72 Å². The van der Waals surface area contributed by atoms with Gasteiger partial charge in [0.15, 0.2) is 11.5 Å². The summed E-state index contributed by atoms with van der Waals surface area (Å²) >= 11 is 0. The number of anilines is 1. The van der Waals surface area contributed by atoms with E-state index in [0.29, 0.717) is 35.4 Å². The van der Waals surface area contributed by atoms with Gasteiger partial charge in [0.1, 0.15) is 17.1 Å². The summed E-state index contributed by atoms with van der Waals surface area (Å²) in [6, 6.07) is 16.5. The molecule has 0 radical (unpaired) electrons. The van der Waals surface area contributed by atoms with Gasteiger partial charge in [-0.25, -0.2) is 24.9 Å². The van der Waals surface area contributed by atoms with E-state index in [1.165, 1.54) is 11.1 Å². The molecule has 0 amide bonds. The van der Waals surface area contributed by atoms with Crippen molar-refractivity contribution in [1.82, 2.24) is 34.7 Å². The molecule has 0 atom stereocenters. The Bertz CT molecular complexity index is 1580. The first kappa shape index (κ1) is 19.8. The first-order chi connectivity index (χ1) is 16.8. The molecule has 0 spiro atoms. The Hall–Kier alpha value is -4.84. The number of pyridine rings is 1. The highest BCUT2D eigenvalue weighted by Crippen LogP contribution is 2.29. The molecule has 1 aliphatic heterocycles. The third kappa shape index (κ3) is 3.67. The summed E-state index contributed by atoms with van der Waals surface area (Å²) in [6.07, 6.45) is 6.85. The maximum absolute atomic E-state index is 5.35. The SMILES string of the molecule is COc1ccc2c(c1)CN(c1nccc(-c3nccc(C#Cn4ncc5cccnc54)n3)n1)C2. The molecule has 0 bridgehead atoms. The highest BCUT2D eigenvalue weighted by Gasteiger charge is 2.22. The molecule has 34 heavy (non-hydrogen) atoms. The lowest BCUT2D eigenvalue weighted by atomic mass is 10.1. The maximum atomic E-state index is 5.35. The quantitative estimate of drug-likeness (QED) is 0.390. The highest BCUT2D eigenvalue weighted by atomic mass is 16.5. The zero-order valence-electron chi connectivity index (χ0n) is 18.3. The number of aromatic nitrogens is 7. The van der Waals surface area contributed by atoms with E-state index < -0.39 is 0 Å². The topological polar surface area (TPSA) is 94.7 Å². The van der Waals surface area contributed by atoms with E-state index in [0.717, 1.165) is 17.7 Å². The molecule has 5 heterocycles. The molecule has 0 aliphatic carbocycles. The molecule has 6 rings (SSSR count). The number of benzene rings is 1. The number of hydrogen-bond acceptors (Lipinski definition) is 8. The summed E-state index contributed by atoms with van der Waals surface area (Å²) in [6.45, 7) is 1.45. The number of nitrogens with zero attached hydrogens (tertiary/aromatic N) is 8. The summed E-state index contributed by atoms with van der Waals surface area (Å²) in [7, 11) is 1.67. The number of hydrogen-bond donors (Lipinski definition) is 0. The van der Waals surface area contributed by atoms with Gasteiger partial charge in [-0.15, -0.1) is 0 Å². The molecule has 1 aromatic carbocycles. The molecule has 164 valence electrons. The number of ether oxygens (including phenoxy) is 1. The molecule has 0 N–H and O–H groups in total. The maximum Gasteiger partial charge on any atom is 0.226 e. The van der Waals surface area contributed by atoms with E-state index in [2.05, 4.69) is 54.0 Å². The molecule has 0 fully saturated rings. The second-order valence-corrected chi connectivity index (χ2v) is 7.71. The van der Waals surface area contributed by atoms with Crippen molar-refractivity contribution in [3.05, 3.63) is 84.1 Å². The van der Waals surface area contributed by atoms with Crippen LogP contribution >= 0.6 is 0 Å². The van der Waals surface area contributed by atoms with Gasteiger partial charge in [-0.05, 0) is 53.4 Å². The predicted octanol–water partition coefficient (Wildman–Crippen LogP) is 3.06. The van der Waals surface area contributed by atoms with E-state index >= 15 is 0 Å². The standard InChI is InChI=1S/C25H18N8O/c1-34-21-5-4-18-15-32(16-19(18)13-21)25-28-11-7-22(31-25)23-26-10-6-20(30-23)8-12-33-24-17(14-29-33)3-2-9-27-24/h2-7,9-11,13-14H,15-16H2,1H3. The highest BCUT2D eigenvalue weighted by molar-refractivity contribution is 5.74. The van der Waals surface area contributed by atoms with Crippen LogP contribution < -0.4 is 9.64 Å². The first-order valence-corrected chi connectivity index (χ1v) is 10.6. The minimum Gasteiger partial charge on any atom is -0.497 e. The van der Waals surface area contributed by atoms with Crippen LogP contribution in [0.2, 0.25) is 0 Å². The van der Waals surface area contributed by atoms with Crippen LogP contribution in [0.5, 0.6) is 5.75 Å². The molecular weight excluding hydrogens is 428 g/mol. The summed E-state index contributed by atoms with van der Waals surface area (Å²) in [5.74, 6) is 4.99. The predicted molar refractivity (Wildman–Crippen MR) is 126 cm³/mol. The van der Waals surface area contributed by atoms with Gasteiger partial charge in [-0.1, -0.05) is 6.07 Å². The van der Waals surface area contributed by atoms with Crippen LogP contribution in [0.4, 0.5) is 5.95 Å². The van der Waals surface area contributed by atoms with E-state index in [1.54, 1.807) is 48.7 Å². The van der Waals surface area contributed by atoms with Crippen LogP contribution in [0.25, 0.3) is 22.6 Å². The van der Waals surface area contributed by atoms with E-state index in [-0.39, 0.29) is 0 Å². The second kappa shape index (κ2) is 8.26.